The molecule has 3 N–H and O–H groups in total. The molecule has 0 aliphatic carbocycles. The molecule has 0 radical (unpaired) electrons. The summed E-state index contributed by atoms with van der Waals surface area (Å²) in [6.45, 7) is 0.259. The molecule has 0 saturated carbocycles. The molecule has 104 valence electrons. The fourth-order valence-electron chi connectivity index (χ4n) is 1.59. The van der Waals surface area contributed by atoms with Gasteiger partial charge in [0.05, 0.1) is 5.69 Å². The molecule has 2 aromatic rings. The molecule has 0 bridgehead atoms. The van der Waals surface area contributed by atoms with Gasteiger partial charge in [-0.2, -0.15) is 0 Å². The number of halogens is 1. The molecular weight excluding hydrogens is 259 g/mol. The van der Waals surface area contributed by atoms with Crippen LogP contribution in [0.4, 0.5) is 10.1 Å². The number of anilines is 1. The Balaban J connectivity index is 1.79. The van der Waals surface area contributed by atoms with E-state index in [2.05, 4.69) is 5.32 Å². The van der Waals surface area contributed by atoms with Crippen molar-refractivity contribution in [3.05, 3.63) is 59.9 Å². The number of carbonyl (C=O) groups excluding carboxylic acids is 1. The van der Waals surface area contributed by atoms with Crippen LogP contribution in [0.15, 0.2) is 48.5 Å². The monoisotopic (exact) mass is 274 g/mol. The standard InChI is InChI=1S/C15H15FN2O2/c16-13-8-12(6-7-14(13)17)20-10-15(19)18-9-11-4-2-1-3-5-11/h1-8H,9-10,17H2,(H,18,19). The van der Waals surface area contributed by atoms with Gasteiger partial charge in [-0.3, -0.25) is 4.79 Å². The van der Waals surface area contributed by atoms with Crippen molar-refractivity contribution in [2.75, 3.05) is 12.3 Å². The molecule has 1 amide bonds. The second-order valence-corrected chi connectivity index (χ2v) is 4.23. The number of carbonyl (C=O) groups is 1. The third kappa shape index (κ3) is 3.98. The van der Waals surface area contributed by atoms with Gasteiger partial charge < -0.3 is 15.8 Å². The van der Waals surface area contributed by atoms with Crippen LogP contribution in [0.3, 0.4) is 0 Å². The summed E-state index contributed by atoms with van der Waals surface area (Å²) < 4.78 is 18.4. The lowest BCUT2D eigenvalue weighted by Gasteiger charge is -2.08. The van der Waals surface area contributed by atoms with Gasteiger partial charge in [-0.15, -0.1) is 0 Å². The number of rotatable bonds is 5. The minimum atomic E-state index is -0.563. The normalized spacial score (nSPS) is 10.1. The largest absolute Gasteiger partial charge is 0.484 e. The first-order chi connectivity index (χ1) is 9.65. The quantitative estimate of drug-likeness (QED) is 0.821. The minimum Gasteiger partial charge on any atom is -0.484 e. The van der Waals surface area contributed by atoms with Crippen LogP contribution >= 0.6 is 0 Å². The zero-order valence-corrected chi connectivity index (χ0v) is 10.8. The van der Waals surface area contributed by atoms with E-state index in [0.717, 1.165) is 11.6 Å². The van der Waals surface area contributed by atoms with Crippen molar-refractivity contribution in [3.8, 4) is 5.75 Å². The van der Waals surface area contributed by atoms with E-state index in [0.29, 0.717) is 6.54 Å². The fraction of sp³-hybridized carbons (Fsp3) is 0.133. The van der Waals surface area contributed by atoms with Gasteiger partial charge in [0.25, 0.3) is 5.91 Å². The van der Waals surface area contributed by atoms with Gasteiger partial charge in [0.1, 0.15) is 11.6 Å². The highest BCUT2D eigenvalue weighted by Gasteiger charge is 2.05. The lowest BCUT2D eigenvalue weighted by molar-refractivity contribution is -0.123. The maximum atomic E-state index is 13.2. The number of nitrogens with one attached hydrogen (secondary N) is 1. The zero-order chi connectivity index (χ0) is 14.4. The molecule has 0 atom stereocenters. The van der Waals surface area contributed by atoms with E-state index in [1.165, 1.54) is 12.1 Å². The van der Waals surface area contributed by atoms with Gasteiger partial charge in [0, 0.05) is 12.6 Å². The summed E-state index contributed by atoms with van der Waals surface area (Å²) in [5.41, 5.74) is 6.39. The van der Waals surface area contributed by atoms with Gasteiger partial charge in [0.2, 0.25) is 0 Å². The summed E-state index contributed by atoms with van der Waals surface area (Å²) in [6.07, 6.45) is 0. The number of amides is 1. The van der Waals surface area contributed by atoms with E-state index >= 15 is 0 Å². The molecule has 0 unspecified atom stereocenters. The highest BCUT2D eigenvalue weighted by Crippen LogP contribution is 2.17. The molecule has 0 aromatic heterocycles. The first-order valence-corrected chi connectivity index (χ1v) is 6.13. The van der Waals surface area contributed by atoms with Crippen LogP contribution in [-0.4, -0.2) is 12.5 Å². The van der Waals surface area contributed by atoms with Crippen LogP contribution in [0.1, 0.15) is 5.56 Å². The molecule has 2 aromatic carbocycles. The van der Waals surface area contributed by atoms with Crippen LogP contribution in [0.5, 0.6) is 5.75 Å². The Morgan fingerprint density at radius 3 is 2.65 bits per heavy atom. The molecule has 0 heterocycles. The van der Waals surface area contributed by atoms with Gasteiger partial charge in [-0.25, -0.2) is 4.39 Å². The van der Waals surface area contributed by atoms with Crippen LogP contribution in [-0.2, 0) is 11.3 Å². The number of hydrogen-bond acceptors (Lipinski definition) is 3. The summed E-state index contributed by atoms with van der Waals surface area (Å²) in [4.78, 5) is 11.6. The Morgan fingerprint density at radius 2 is 1.95 bits per heavy atom. The van der Waals surface area contributed by atoms with E-state index < -0.39 is 5.82 Å². The van der Waals surface area contributed by atoms with E-state index in [1.54, 1.807) is 0 Å². The highest BCUT2D eigenvalue weighted by atomic mass is 19.1. The Hall–Kier alpha value is -2.56. The maximum Gasteiger partial charge on any atom is 0.258 e. The zero-order valence-electron chi connectivity index (χ0n) is 10.8. The number of nitrogen functional groups attached to an aromatic ring is 1. The average molecular weight is 274 g/mol. The second kappa shape index (κ2) is 6.56. The molecule has 0 saturated heterocycles. The fourth-order valence-corrected chi connectivity index (χ4v) is 1.59. The van der Waals surface area contributed by atoms with E-state index in [-0.39, 0.29) is 24.0 Å². The molecule has 0 fully saturated rings. The van der Waals surface area contributed by atoms with Gasteiger partial charge in [0.15, 0.2) is 6.61 Å². The third-order valence-electron chi connectivity index (χ3n) is 2.67. The molecule has 0 aliphatic heterocycles. The van der Waals surface area contributed by atoms with Crippen molar-refractivity contribution in [2.45, 2.75) is 6.54 Å². The number of benzene rings is 2. The summed E-state index contributed by atoms with van der Waals surface area (Å²) in [6, 6.07) is 13.6. The van der Waals surface area contributed by atoms with Crippen molar-refractivity contribution in [1.29, 1.82) is 0 Å². The van der Waals surface area contributed by atoms with Crippen molar-refractivity contribution >= 4 is 11.6 Å². The third-order valence-corrected chi connectivity index (χ3v) is 2.67. The van der Waals surface area contributed by atoms with Crippen molar-refractivity contribution in [1.82, 2.24) is 5.32 Å². The lowest BCUT2D eigenvalue weighted by atomic mass is 10.2. The lowest BCUT2D eigenvalue weighted by Crippen LogP contribution is -2.28. The van der Waals surface area contributed by atoms with Crippen molar-refractivity contribution in [2.24, 2.45) is 0 Å². The molecular formula is C15H15FN2O2. The Morgan fingerprint density at radius 1 is 1.20 bits per heavy atom. The summed E-state index contributed by atoms with van der Waals surface area (Å²) in [5, 5.41) is 2.71. The summed E-state index contributed by atoms with van der Waals surface area (Å²) in [7, 11) is 0. The van der Waals surface area contributed by atoms with Gasteiger partial charge >= 0.3 is 0 Å². The Labute approximate surface area is 116 Å². The first kappa shape index (κ1) is 13.9. The summed E-state index contributed by atoms with van der Waals surface area (Å²) >= 11 is 0. The van der Waals surface area contributed by atoms with Crippen molar-refractivity contribution < 1.29 is 13.9 Å². The van der Waals surface area contributed by atoms with Crippen molar-refractivity contribution in [3.63, 3.8) is 0 Å². The molecule has 0 spiro atoms. The Bertz CT molecular complexity index is 588. The van der Waals surface area contributed by atoms with E-state index in [4.69, 9.17) is 10.5 Å². The second-order valence-electron chi connectivity index (χ2n) is 4.23. The number of nitrogens with two attached hydrogens (primary N) is 1. The predicted octanol–water partition coefficient (Wildman–Crippen LogP) is 2.10. The highest BCUT2D eigenvalue weighted by molar-refractivity contribution is 5.77. The van der Waals surface area contributed by atoms with E-state index in [1.807, 2.05) is 30.3 Å². The van der Waals surface area contributed by atoms with Crippen LogP contribution in [0, 0.1) is 5.82 Å². The molecule has 4 nitrogen and oxygen atoms in total. The van der Waals surface area contributed by atoms with Crippen LogP contribution in [0.2, 0.25) is 0 Å². The number of hydrogen-bond donors (Lipinski definition) is 2. The summed E-state index contributed by atoms with van der Waals surface area (Å²) in [5.74, 6) is -0.565. The number of ether oxygens (including phenoxy) is 1. The first-order valence-electron chi connectivity index (χ1n) is 6.13. The SMILES string of the molecule is Nc1ccc(OCC(=O)NCc2ccccc2)cc1F. The van der Waals surface area contributed by atoms with Crippen LogP contribution < -0.4 is 15.8 Å². The predicted molar refractivity (Wildman–Crippen MR) is 74.6 cm³/mol. The maximum absolute atomic E-state index is 13.2. The Kier molecular flexibility index (Phi) is 4.55. The van der Waals surface area contributed by atoms with Gasteiger partial charge in [-0.05, 0) is 17.7 Å². The molecule has 2 rings (SSSR count). The average Bonchev–Trinajstić information content (AvgIpc) is 2.47. The molecule has 5 heteroatoms. The topological polar surface area (TPSA) is 64.3 Å². The van der Waals surface area contributed by atoms with Crippen LogP contribution in [0.25, 0.3) is 0 Å². The molecule has 0 aliphatic rings. The molecule has 20 heavy (non-hydrogen) atoms. The smallest absolute Gasteiger partial charge is 0.258 e. The van der Waals surface area contributed by atoms with E-state index in [9.17, 15) is 9.18 Å². The minimum absolute atomic E-state index is 0.0471. The van der Waals surface area contributed by atoms with Gasteiger partial charge in [-0.1, -0.05) is 30.3 Å².